The molecule has 1 unspecified atom stereocenters. The molecule has 0 bridgehead atoms. The number of anilines is 1. The molecule has 0 aromatic heterocycles. The van der Waals surface area contributed by atoms with Crippen molar-refractivity contribution in [2.45, 2.75) is 13.2 Å². The van der Waals surface area contributed by atoms with Crippen LogP contribution in [0.3, 0.4) is 0 Å². The third-order valence-corrected chi connectivity index (χ3v) is 4.76. The van der Waals surface area contributed by atoms with Gasteiger partial charge in [0.05, 0.1) is 4.92 Å². The van der Waals surface area contributed by atoms with Crippen LogP contribution in [0.5, 0.6) is 0 Å². The Bertz CT molecular complexity index is 1210. The fraction of sp³-hybridized carbons (Fsp3) is 0.0870. The molecule has 1 aliphatic rings. The van der Waals surface area contributed by atoms with E-state index in [1.54, 1.807) is 54.6 Å². The first-order valence-corrected chi connectivity index (χ1v) is 9.68. The number of ether oxygens (including phenoxy) is 1. The highest BCUT2D eigenvalue weighted by Gasteiger charge is 2.33. The summed E-state index contributed by atoms with van der Waals surface area (Å²) in [6.07, 6.45) is -0.917. The smallest absolute Gasteiger partial charge is 0.269 e. The number of nitro benzene ring substituents is 1. The molecule has 2 amide bonds. The van der Waals surface area contributed by atoms with Crippen LogP contribution in [-0.2, 0) is 9.53 Å². The standard InChI is InChI=1S/C23H18N4O5/c1-15(28)26-23(18-8-5-9-20(14-18)27(30)31)32-22(25-26)17-10-12-19(13-11-17)24-21(29)16-6-3-2-4-7-16/h2-14,23H,1H3,(H,24,29). The topological polar surface area (TPSA) is 114 Å². The predicted molar refractivity (Wildman–Crippen MR) is 117 cm³/mol. The minimum atomic E-state index is -0.917. The fourth-order valence-electron chi connectivity index (χ4n) is 3.18. The van der Waals surface area contributed by atoms with Gasteiger partial charge in [0.1, 0.15) is 0 Å². The van der Waals surface area contributed by atoms with Gasteiger partial charge in [-0.25, -0.2) is 0 Å². The molecule has 1 N–H and O–H groups in total. The second kappa shape index (κ2) is 8.68. The average Bonchev–Trinajstić information content (AvgIpc) is 3.26. The minimum absolute atomic E-state index is 0.110. The lowest BCUT2D eigenvalue weighted by atomic mass is 10.1. The number of hydrazone groups is 1. The highest BCUT2D eigenvalue weighted by atomic mass is 16.6. The van der Waals surface area contributed by atoms with E-state index in [0.29, 0.717) is 22.4 Å². The Morgan fingerprint density at radius 1 is 1.03 bits per heavy atom. The van der Waals surface area contributed by atoms with Crippen LogP contribution in [0.1, 0.15) is 34.6 Å². The van der Waals surface area contributed by atoms with E-state index < -0.39 is 11.2 Å². The third-order valence-electron chi connectivity index (χ3n) is 4.76. The average molecular weight is 430 g/mol. The lowest BCUT2D eigenvalue weighted by molar-refractivity contribution is -0.385. The van der Waals surface area contributed by atoms with Crippen molar-refractivity contribution in [3.8, 4) is 0 Å². The molecule has 0 saturated heterocycles. The Morgan fingerprint density at radius 2 is 1.75 bits per heavy atom. The number of hydrogen-bond donors (Lipinski definition) is 1. The van der Waals surface area contributed by atoms with E-state index in [4.69, 9.17) is 4.74 Å². The maximum atomic E-state index is 12.3. The first kappa shape index (κ1) is 20.7. The molecule has 3 aromatic carbocycles. The molecule has 160 valence electrons. The number of carbonyl (C=O) groups excluding carboxylic acids is 2. The zero-order chi connectivity index (χ0) is 22.7. The van der Waals surface area contributed by atoms with Crippen molar-refractivity contribution in [3.05, 3.63) is 106 Å². The zero-order valence-electron chi connectivity index (χ0n) is 17.0. The van der Waals surface area contributed by atoms with Crippen molar-refractivity contribution in [1.82, 2.24) is 5.01 Å². The molecule has 1 aliphatic heterocycles. The Morgan fingerprint density at radius 3 is 2.41 bits per heavy atom. The van der Waals surface area contributed by atoms with Crippen LogP contribution in [0.2, 0.25) is 0 Å². The molecular formula is C23H18N4O5. The van der Waals surface area contributed by atoms with Crippen molar-refractivity contribution in [3.63, 3.8) is 0 Å². The van der Waals surface area contributed by atoms with Crippen LogP contribution in [0, 0.1) is 10.1 Å². The highest BCUT2D eigenvalue weighted by Crippen LogP contribution is 2.32. The van der Waals surface area contributed by atoms with Gasteiger partial charge in [-0.05, 0) is 36.4 Å². The Balaban J connectivity index is 1.53. The molecule has 9 nitrogen and oxygen atoms in total. The van der Waals surface area contributed by atoms with Crippen LogP contribution < -0.4 is 5.32 Å². The van der Waals surface area contributed by atoms with E-state index in [1.165, 1.54) is 25.1 Å². The molecule has 1 heterocycles. The van der Waals surface area contributed by atoms with Crippen molar-refractivity contribution in [2.24, 2.45) is 5.10 Å². The number of nitrogens with zero attached hydrogens (tertiary/aromatic N) is 3. The molecule has 0 saturated carbocycles. The SMILES string of the molecule is CC(=O)N1N=C(c2ccc(NC(=O)c3ccccc3)cc2)OC1c1cccc([N+](=O)[O-])c1. The summed E-state index contributed by atoms with van der Waals surface area (Å²) in [6, 6.07) is 21.5. The van der Waals surface area contributed by atoms with Crippen LogP contribution >= 0.6 is 0 Å². The second-order valence-electron chi connectivity index (χ2n) is 6.99. The lowest BCUT2D eigenvalue weighted by Crippen LogP contribution is -2.25. The number of rotatable bonds is 5. The number of amides is 2. The Labute approximate surface area is 183 Å². The predicted octanol–water partition coefficient (Wildman–Crippen LogP) is 4.09. The Kier molecular flexibility index (Phi) is 5.63. The maximum absolute atomic E-state index is 12.3. The summed E-state index contributed by atoms with van der Waals surface area (Å²) in [4.78, 5) is 35.0. The van der Waals surface area contributed by atoms with Gasteiger partial charge in [-0.3, -0.25) is 19.7 Å². The quantitative estimate of drug-likeness (QED) is 0.484. The van der Waals surface area contributed by atoms with E-state index in [-0.39, 0.29) is 23.4 Å². The molecule has 0 aliphatic carbocycles. The van der Waals surface area contributed by atoms with Crippen molar-refractivity contribution < 1.29 is 19.2 Å². The molecule has 3 aromatic rings. The fourth-order valence-corrected chi connectivity index (χ4v) is 3.18. The molecule has 9 heteroatoms. The number of benzene rings is 3. The van der Waals surface area contributed by atoms with Crippen molar-refractivity contribution >= 4 is 29.1 Å². The van der Waals surface area contributed by atoms with Crippen LogP contribution in [0.4, 0.5) is 11.4 Å². The van der Waals surface area contributed by atoms with Crippen LogP contribution in [0.25, 0.3) is 0 Å². The van der Waals surface area contributed by atoms with Gasteiger partial charge in [0.25, 0.3) is 11.6 Å². The molecule has 4 rings (SSSR count). The molecule has 32 heavy (non-hydrogen) atoms. The highest BCUT2D eigenvalue weighted by molar-refractivity contribution is 6.04. The van der Waals surface area contributed by atoms with Gasteiger partial charge in [-0.1, -0.05) is 30.3 Å². The van der Waals surface area contributed by atoms with E-state index in [1.807, 2.05) is 6.07 Å². The largest absolute Gasteiger partial charge is 0.446 e. The summed E-state index contributed by atoms with van der Waals surface area (Å²) >= 11 is 0. The van der Waals surface area contributed by atoms with Gasteiger partial charge in [-0.15, -0.1) is 5.10 Å². The molecule has 0 fully saturated rings. The van der Waals surface area contributed by atoms with Gasteiger partial charge in [-0.2, -0.15) is 5.01 Å². The lowest BCUT2D eigenvalue weighted by Gasteiger charge is -2.19. The van der Waals surface area contributed by atoms with Gasteiger partial charge < -0.3 is 10.1 Å². The minimum Gasteiger partial charge on any atom is -0.446 e. The summed E-state index contributed by atoms with van der Waals surface area (Å²) in [6.45, 7) is 1.34. The number of carbonyl (C=O) groups is 2. The third kappa shape index (κ3) is 4.31. The summed E-state index contributed by atoms with van der Waals surface area (Å²) in [5, 5.41) is 19.3. The second-order valence-corrected chi connectivity index (χ2v) is 6.99. The van der Waals surface area contributed by atoms with Gasteiger partial charge in [0, 0.05) is 41.4 Å². The van der Waals surface area contributed by atoms with Crippen LogP contribution in [0.15, 0.2) is 84.0 Å². The summed E-state index contributed by atoms with van der Waals surface area (Å²) < 4.78 is 5.88. The summed E-state index contributed by atoms with van der Waals surface area (Å²) in [5.41, 5.74) is 2.03. The number of non-ortho nitro benzene ring substituents is 1. The first-order chi connectivity index (χ1) is 15.4. The monoisotopic (exact) mass is 430 g/mol. The summed E-state index contributed by atoms with van der Waals surface area (Å²) in [7, 11) is 0. The molecular weight excluding hydrogens is 412 g/mol. The molecule has 0 spiro atoms. The zero-order valence-corrected chi connectivity index (χ0v) is 17.0. The Hall–Kier alpha value is -4.53. The van der Waals surface area contributed by atoms with Gasteiger partial charge in [0.15, 0.2) is 0 Å². The summed E-state index contributed by atoms with van der Waals surface area (Å²) in [5.74, 6) is -0.415. The van der Waals surface area contributed by atoms with Crippen LogP contribution in [-0.4, -0.2) is 27.6 Å². The van der Waals surface area contributed by atoms with Crippen molar-refractivity contribution in [1.29, 1.82) is 0 Å². The van der Waals surface area contributed by atoms with E-state index in [0.717, 1.165) is 5.01 Å². The molecule has 0 radical (unpaired) electrons. The first-order valence-electron chi connectivity index (χ1n) is 9.68. The van der Waals surface area contributed by atoms with E-state index >= 15 is 0 Å². The van der Waals surface area contributed by atoms with Gasteiger partial charge >= 0.3 is 0 Å². The number of hydrogen-bond acceptors (Lipinski definition) is 6. The van der Waals surface area contributed by atoms with E-state index in [9.17, 15) is 19.7 Å². The van der Waals surface area contributed by atoms with Crippen molar-refractivity contribution in [2.75, 3.05) is 5.32 Å². The maximum Gasteiger partial charge on any atom is 0.269 e. The normalized spacial score (nSPS) is 15.0. The molecule has 1 atom stereocenters. The number of nitro groups is 1. The van der Waals surface area contributed by atoms with Gasteiger partial charge in [0.2, 0.25) is 18.0 Å². The number of nitrogens with one attached hydrogen (secondary N) is 1. The van der Waals surface area contributed by atoms with E-state index in [2.05, 4.69) is 10.4 Å².